The monoisotopic (exact) mass is 381 g/mol. The summed E-state index contributed by atoms with van der Waals surface area (Å²) in [5.41, 5.74) is 0. The number of sulfonamides is 1. The second-order valence-electron chi connectivity index (χ2n) is 5.57. The lowest BCUT2D eigenvalue weighted by Gasteiger charge is -2.23. The van der Waals surface area contributed by atoms with Crippen molar-refractivity contribution in [3.63, 3.8) is 0 Å². The Kier molecular flexibility index (Phi) is 7.47. The van der Waals surface area contributed by atoms with Crippen molar-refractivity contribution in [3.05, 3.63) is 17.0 Å². The second kappa shape index (κ2) is 8.43. The van der Waals surface area contributed by atoms with Crippen LogP contribution >= 0.6 is 23.7 Å². The molecule has 2 N–H and O–H groups in total. The number of carbonyl (C=O) groups excluding carboxylic acids is 1. The van der Waals surface area contributed by atoms with Gasteiger partial charge in [-0.1, -0.05) is 0 Å². The van der Waals surface area contributed by atoms with Crippen LogP contribution in [0.25, 0.3) is 0 Å². The number of amides is 1. The highest BCUT2D eigenvalue weighted by Gasteiger charge is 2.39. The predicted octanol–water partition coefficient (Wildman–Crippen LogP) is 1.36. The molecule has 6 nitrogen and oxygen atoms in total. The van der Waals surface area contributed by atoms with E-state index >= 15 is 0 Å². The van der Waals surface area contributed by atoms with E-state index in [2.05, 4.69) is 10.6 Å². The smallest absolute Gasteiger partial charge is 0.253 e. The minimum absolute atomic E-state index is 0. The summed E-state index contributed by atoms with van der Waals surface area (Å²) >= 11 is 1.25. The lowest BCUT2D eigenvalue weighted by Crippen LogP contribution is -2.48. The second-order valence-corrected chi connectivity index (χ2v) is 8.98. The summed E-state index contributed by atoms with van der Waals surface area (Å²) < 4.78 is 27.1. The van der Waals surface area contributed by atoms with Gasteiger partial charge in [0.25, 0.3) is 10.0 Å². The number of rotatable bonds is 6. The van der Waals surface area contributed by atoms with Gasteiger partial charge >= 0.3 is 0 Å². The Labute approximate surface area is 148 Å². The molecule has 132 valence electrons. The topological polar surface area (TPSA) is 78.5 Å². The quantitative estimate of drug-likeness (QED) is 0.779. The zero-order chi connectivity index (χ0) is 16.3. The number of carbonyl (C=O) groups is 1. The Bertz CT molecular complexity index is 633. The van der Waals surface area contributed by atoms with E-state index in [1.54, 1.807) is 12.1 Å². The third kappa shape index (κ3) is 4.67. The number of hydrogen-bond donors (Lipinski definition) is 2. The summed E-state index contributed by atoms with van der Waals surface area (Å²) in [6, 6.07) is 2.95. The van der Waals surface area contributed by atoms with Crippen molar-refractivity contribution in [2.45, 2.75) is 43.0 Å². The summed E-state index contributed by atoms with van der Waals surface area (Å²) in [5.74, 6) is -0.212. The van der Waals surface area contributed by atoms with Crippen molar-refractivity contribution in [1.82, 2.24) is 14.9 Å². The zero-order valence-corrected chi connectivity index (χ0v) is 16.0. The first-order valence-electron chi connectivity index (χ1n) is 7.39. The van der Waals surface area contributed by atoms with Crippen molar-refractivity contribution in [2.75, 3.05) is 20.1 Å². The minimum Gasteiger partial charge on any atom is -0.353 e. The van der Waals surface area contributed by atoms with Crippen LogP contribution in [-0.4, -0.2) is 50.9 Å². The number of nitrogens with one attached hydrogen (secondary N) is 2. The van der Waals surface area contributed by atoms with E-state index in [1.165, 1.54) is 15.6 Å². The van der Waals surface area contributed by atoms with Crippen LogP contribution in [-0.2, 0) is 14.8 Å². The van der Waals surface area contributed by atoms with Crippen LogP contribution in [0.5, 0.6) is 0 Å². The zero-order valence-electron chi connectivity index (χ0n) is 13.5. The third-order valence-electron chi connectivity index (χ3n) is 3.86. The number of halogens is 1. The molecule has 9 heteroatoms. The molecule has 23 heavy (non-hydrogen) atoms. The minimum atomic E-state index is -3.58. The van der Waals surface area contributed by atoms with Gasteiger partial charge in [0.15, 0.2) is 0 Å². The standard InChI is InChI=1S/C14H23N3O3S2.ClH/c1-10(15-3)9-16-14(18)12-5-4-8-17(12)22(19,20)13-7-6-11(2)21-13;/h6-7,10,12,15H,4-5,8-9H2,1-3H3,(H,16,18);1H. The van der Waals surface area contributed by atoms with E-state index < -0.39 is 16.1 Å². The van der Waals surface area contributed by atoms with Gasteiger partial charge < -0.3 is 10.6 Å². The molecule has 2 atom stereocenters. The molecular formula is C14H24ClN3O3S2. The Morgan fingerprint density at radius 1 is 1.48 bits per heavy atom. The van der Waals surface area contributed by atoms with Gasteiger partial charge in [0.05, 0.1) is 0 Å². The molecule has 1 fully saturated rings. The van der Waals surface area contributed by atoms with Gasteiger partial charge in [-0.2, -0.15) is 4.31 Å². The first-order chi connectivity index (χ1) is 10.4. The molecule has 0 bridgehead atoms. The molecule has 1 aliphatic heterocycles. The first-order valence-corrected chi connectivity index (χ1v) is 9.65. The Hall–Kier alpha value is -0.670. The third-order valence-corrected chi connectivity index (χ3v) is 7.24. The SMILES string of the molecule is CNC(C)CNC(=O)C1CCCN1S(=O)(=O)c1ccc(C)s1.Cl. The number of thiophene rings is 1. The molecule has 1 amide bonds. The largest absolute Gasteiger partial charge is 0.353 e. The van der Waals surface area contributed by atoms with Crippen LogP contribution in [0.1, 0.15) is 24.6 Å². The summed E-state index contributed by atoms with van der Waals surface area (Å²) in [6.07, 6.45) is 1.28. The summed E-state index contributed by atoms with van der Waals surface area (Å²) in [6.45, 7) is 4.71. The molecule has 0 radical (unpaired) electrons. The van der Waals surface area contributed by atoms with Crippen LogP contribution in [0.4, 0.5) is 0 Å². The van der Waals surface area contributed by atoms with Crippen molar-refractivity contribution < 1.29 is 13.2 Å². The van der Waals surface area contributed by atoms with E-state index in [-0.39, 0.29) is 24.4 Å². The summed E-state index contributed by atoms with van der Waals surface area (Å²) in [5, 5.41) is 5.87. The molecule has 1 aromatic rings. The van der Waals surface area contributed by atoms with E-state index in [0.717, 1.165) is 4.88 Å². The molecule has 2 heterocycles. The fraction of sp³-hybridized carbons (Fsp3) is 0.643. The van der Waals surface area contributed by atoms with Gasteiger partial charge in [0.2, 0.25) is 5.91 Å². The predicted molar refractivity (Wildman–Crippen MR) is 94.7 cm³/mol. The lowest BCUT2D eigenvalue weighted by molar-refractivity contribution is -0.124. The van der Waals surface area contributed by atoms with E-state index in [9.17, 15) is 13.2 Å². The molecular weight excluding hydrogens is 358 g/mol. The van der Waals surface area contributed by atoms with Crippen LogP contribution in [0.3, 0.4) is 0 Å². The van der Waals surface area contributed by atoms with Gasteiger partial charge in [-0.25, -0.2) is 8.42 Å². The number of hydrogen-bond acceptors (Lipinski definition) is 5. The molecule has 2 unspecified atom stereocenters. The fourth-order valence-electron chi connectivity index (χ4n) is 2.43. The van der Waals surface area contributed by atoms with Crippen molar-refractivity contribution in [2.24, 2.45) is 0 Å². The van der Waals surface area contributed by atoms with Crippen molar-refractivity contribution in [3.8, 4) is 0 Å². The molecule has 2 rings (SSSR count). The van der Waals surface area contributed by atoms with Crippen LogP contribution < -0.4 is 10.6 Å². The first kappa shape index (κ1) is 20.4. The maximum Gasteiger partial charge on any atom is 0.253 e. The molecule has 0 aliphatic carbocycles. The molecule has 0 saturated carbocycles. The van der Waals surface area contributed by atoms with Gasteiger partial charge in [0.1, 0.15) is 10.3 Å². The van der Waals surface area contributed by atoms with E-state index in [1.807, 2.05) is 20.9 Å². The number of aryl methyl sites for hydroxylation is 1. The van der Waals surface area contributed by atoms with E-state index in [0.29, 0.717) is 30.1 Å². The Balaban J connectivity index is 0.00000264. The molecule has 1 saturated heterocycles. The van der Waals surface area contributed by atoms with Gasteiger partial charge in [0, 0.05) is 24.0 Å². The summed E-state index contributed by atoms with van der Waals surface area (Å²) in [4.78, 5) is 13.3. The number of nitrogens with zero attached hydrogens (tertiary/aromatic N) is 1. The molecule has 0 spiro atoms. The molecule has 1 aromatic heterocycles. The Morgan fingerprint density at radius 3 is 2.74 bits per heavy atom. The molecule has 1 aliphatic rings. The average Bonchev–Trinajstić information content (AvgIpc) is 3.13. The fourth-order valence-corrected chi connectivity index (χ4v) is 5.50. The molecule has 0 aromatic carbocycles. The highest BCUT2D eigenvalue weighted by Crippen LogP contribution is 2.30. The Morgan fingerprint density at radius 2 is 2.17 bits per heavy atom. The van der Waals surface area contributed by atoms with Crippen LogP contribution in [0, 0.1) is 6.92 Å². The van der Waals surface area contributed by atoms with Gasteiger partial charge in [-0.15, -0.1) is 23.7 Å². The van der Waals surface area contributed by atoms with Crippen molar-refractivity contribution >= 4 is 39.7 Å². The van der Waals surface area contributed by atoms with Gasteiger partial charge in [-0.05, 0) is 45.9 Å². The van der Waals surface area contributed by atoms with Crippen LogP contribution in [0.2, 0.25) is 0 Å². The normalized spacial score (nSPS) is 20.0. The van der Waals surface area contributed by atoms with E-state index in [4.69, 9.17) is 0 Å². The maximum atomic E-state index is 12.7. The summed E-state index contributed by atoms with van der Waals surface area (Å²) in [7, 11) is -1.76. The van der Waals surface area contributed by atoms with Crippen LogP contribution in [0.15, 0.2) is 16.3 Å². The highest BCUT2D eigenvalue weighted by molar-refractivity contribution is 7.91. The maximum absolute atomic E-state index is 12.7. The average molecular weight is 382 g/mol. The highest BCUT2D eigenvalue weighted by atomic mass is 35.5. The van der Waals surface area contributed by atoms with Gasteiger partial charge in [-0.3, -0.25) is 4.79 Å². The number of likely N-dealkylation sites (N-methyl/N-ethyl adjacent to an activating group) is 1. The van der Waals surface area contributed by atoms with Crippen molar-refractivity contribution in [1.29, 1.82) is 0 Å². The lowest BCUT2D eigenvalue weighted by atomic mass is 10.2.